The van der Waals surface area contributed by atoms with Crippen LogP contribution in [0.5, 0.6) is 0 Å². The molecule has 134 valence electrons. The van der Waals surface area contributed by atoms with E-state index >= 15 is 0 Å². The number of carbonyl (C=O) groups excluding carboxylic acids is 2. The van der Waals surface area contributed by atoms with Gasteiger partial charge in [-0.3, -0.25) is 9.59 Å². The molecule has 0 aliphatic rings. The van der Waals surface area contributed by atoms with Gasteiger partial charge in [0.25, 0.3) is 17.6 Å². The summed E-state index contributed by atoms with van der Waals surface area (Å²) in [6.45, 7) is 0. The molecule has 0 radical (unpaired) electrons. The zero-order valence-corrected chi connectivity index (χ0v) is 13.8. The molecule has 9 nitrogen and oxygen atoms in total. The predicted molar refractivity (Wildman–Crippen MR) is 93.9 cm³/mol. The summed E-state index contributed by atoms with van der Waals surface area (Å²) in [6.07, 6.45) is 2.28. The molecule has 1 aromatic heterocycles. The molecular formula is C18H13N5O4. The lowest BCUT2D eigenvalue weighted by Gasteiger charge is -2.20. The minimum Gasteiger partial charge on any atom is -0.475 e. The first-order valence-corrected chi connectivity index (χ1v) is 7.73. The summed E-state index contributed by atoms with van der Waals surface area (Å²) in [5.74, 6) is -4.03. The van der Waals surface area contributed by atoms with Crippen LogP contribution in [-0.4, -0.2) is 48.5 Å². The van der Waals surface area contributed by atoms with Gasteiger partial charge in [-0.05, 0) is 24.3 Å². The van der Waals surface area contributed by atoms with Gasteiger partial charge in [0.05, 0.1) is 0 Å². The molecule has 0 aliphatic carbocycles. The van der Waals surface area contributed by atoms with E-state index in [9.17, 15) is 19.5 Å². The highest BCUT2D eigenvalue weighted by molar-refractivity contribution is 6.43. The van der Waals surface area contributed by atoms with Gasteiger partial charge in [0, 0.05) is 11.1 Å². The Balaban J connectivity index is 2.12. The van der Waals surface area contributed by atoms with E-state index in [0.717, 1.165) is 17.4 Å². The van der Waals surface area contributed by atoms with E-state index in [2.05, 4.69) is 15.2 Å². The molecular weight excluding hydrogens is 350 g/mol. The zero-order chi connectivity index (χ0) is 19.2. The van der Waals surface area contributed by atoms with Gasteiger partial charge in [-0.15, -0.1) is 15.0 Å². The summed E-state index contributed by atoms with van der Waals surface area (Å²) in [5.41, 5.74) is 0.267. The van der Waals surface area contributed by atoms with Crippen molar-refractivity contribution in [2.24, 2.45) is 5.10 Å². The second kappa shape index (κ2) is 7.83. The second-order valence-corrected chi connectivity index (χ2v) is 5.22. The summed E-state index contributed by atoms with van der Waals surface area (Å²) >= 11 is 0. The Kier molecular flexibility index (Phi) is 5.12. The van der Waals surface area contributed by atoms with E-state index in [1.807, 2.05) is 0 Å². The molecule has 3 aromatic rings. The van der Waals surface area contributed by atoms with Crippen molar-refractivity contribution in [3.8, 4) is 0 Å². The molecule has 0 aliphatic heterocycles. The second-order valence-electron chi connectivity index (χ2n) is 5.22. The number of aliphatic carboxylic acids is 1. The lowest BCUT2D eigenvalue weighted by Crippen LogP contribution is -2.46. The Morgan fingerprint density at radius 2 is 1.41 bits per heavy atom. The molecule has 2 amide bonds. The van der Waals surface area contributed by atoms with Gasteiger partial charge in [0.2, 0.25) is 0 Å². The third-order valence-corrected chi connectivity index (χ3v) is 3.45. The number of carbonyl (C=O) groups is 3. The monoisotopic (exact) mass is 363 g/mol. The van der Waals surface area contributed by atoms with Crippen molar-refractivity contribution in [3.05, 3.63) is 84.4 Å². The van der Waals surface area contributed by atoms with Gasteiger partial charge in [0.1, 0.15) is 12.7 Å². The fourth-order valence-corrected chi connectivity index (χ4v) is 2.24. The van der Waals surface area contributed by atoms with Gasteiger partial charge < -0.3 is 5.11 Å². The highest BCUT2D eigenvalue weighted by Gasteiger charge is 2.33. The molecule has 0 fully saturated rings. The molecule has 0 saturated heterocycles. The average Bonchev–Trinajstić information content (AvgIpc) is 3.21. The number of hydrogen-bond acceptors (Lipinski definition) is 6. The van der Waals surface area contributed by atoms with Crippen molar-refractivity contribution in [3.63, 3.8) is 0 Å². The van der Waals surface area contributed by atoms with Crippen LogP contribution in [0.4, 0.5) is 0 Å². The Bertz CT molecular complexity index is 934. The SMILES string of the molecule is O=C(O)/C(=N\n1cncn1)N(C(=O)c1ccccc1)C(=O)c1ccccc1. The fraction of sp³-hybridized carbons (Fsp3) is 0. The summed E-state index contributed by atoms with van der Waals surface area (Å²) in [7, 11) is 0. The number of carboxylic acid groups (broad SMARTS) is 1. The van der Waals surface area contributed by atoms with Crippen LogP contribution in [0.15, 0.2) is 78.4 Å². The molecule has 9 heteroatoms. The fourth-order valence-electron chi connectivity index (χ4n) is 2.24. The van der Waals surface area contributed by atoms with E-state index in [-0.39, 0.29) is 11.1 Å². The number of nitrogens with zero attached hydrogens (tertiary/aromatic N) is 5. The highest BCUT2D eigenvalue weighted by Crippen LogP contribution is 2.12. The maximum absolute atomic E-state index is 12.9. The van der Waals surface area contributed by atoms with E-state index < -0.39 is 23.6 Å². The largest absolute Gasteiger partial charge is 0.475 e. The number of amides is 2. The minimum absolute atomic E-state index is 0.134. The summed E-state index contributed by atoms with van der Waals surface area (Å²) in [4.78, 5) is 42.7. The van der Waals surface area contributed by atoms with Crippen LogP contribution in [0.1, 0.15) is 20.7 Å². The van der Waals surface area contributed by atoms with Crippen LogP contribution < -0.4 is 0 Å². The Morgan fingerprint density at radius 1 is 0.889 bits per heavy atom. The van der Waals surface area contributed by atoms with Crippen LogP contribution in [0, 0.1) is 0 Å². The first kappa shape index (κ1) is 17.7. The Morgan fingerprint density at radius 3 is 1.81 bits per heavy atom. The van der Waals surface area contributed by atoms with Crippen molar-refractivity contribution in [2.75, 3.05) is 0 Å². The van der Waals surface area contributed by atoms with E-state index in [1.54, 1.807) is 36.4 Å². The molecule has 0 spiro atoms. The first-order valence-electron chi connectivity index (χ1n) is 7.73. The van der Waals surface area contributed by atoms with Crippen molar-refractivity contribution < 1.29 is 19.5 Å². The molecule has 1 N–H and O–H groups in total. The maximum atomic E-state index is 12.9. The van der Waals surface area contributed by atoms with Gasteiger partial charge in [-0.2, -0.15) is 0 Å². The minimum atomic E-state index is -1.57. The molecule has 0 saturated carbocycles. The van der Waals surface area contributed by atoms with Gasteiger partial charge in [-0.1, -0.05) is 36.4 Å². The predicted octanol–water partition coefficient (Wildman–Crippen LogP) is 1.51. The lowest BCUT2D eigenvalue weighted by molar-refractivity contribution is -0.130. The van der Waals surface area contributed by atoms with Crippen LogP contribution in [0.2, 0.25) is 0 Å². The van der Waals surface area contributed by atoms with Crippen LogP contribution >= 0.6 is 0 Å². The molecule has 1 heterocycles. The summed E-state index contributed by atoms with van der Waals surface area (Å²) in [5, 5.41) is 17.0. The molecule has 3 rings (SSSR count). The number of carboxylic acids is 1. The van der Waals surface area contributed by atoms with Crippen molar-refractivity contribution in [1.29, 1.82) is 0 Å². The standard InChI is InChI=1S/C18H13N5O4/c24-16(13-7-3-1-4-8-13)23(17(25)14-9-5-2-6-10-14)15(18(26)27)21-22-12-19-11-20-22/h1-12H,(H,26,27)/b21-15+. The third kappa shape index (κ3) is 3.93. The van der Waals surface area contributed by atoms with Crippen molar-refractivity contribution in [1.82, 2.24) is 19.8 Å². The molecule has 0 atom stereocenters. The third-order valence-electron chi connectivity index (χ3n) is 3.45. The Hall–Kier alpha value is -4.14. The van der Waals surface area contributed by atoms with Crippen LogP contribution in [0.3, 0.4) is 0 Å². The van der Waals surface area contributed by atoms with Gasteiger partial charge >= 0.3 is 5.97 Å². The van der Waals surface area contributed by atoms with Crippen molar-refractivity contribution in [2.45, 2.75) is 0 Å². The zero-order valence-electron chi connectivity index (χ0n) is 13.8. The van der Waals surface area contributed by atoms with Gasteiger partial charge in [-0.25, -0.2) is 14.7 Å². The first-order chi connectivity index (χ1) is 13.1. The normalized spacial score (nSPS) is 11.0. The lowest BCUT2D eigenvalue weighted by atomic mass is 10.1. The molecule has 2 aromatic carbocycles. The topological polar surface area (TPSA) is 118 Å². The average molecular weight is 363 g/mol. The smallest absolute Gasteiger partial charge is 0.374 e. The molecule has 27 heavy (non-hydrogen) atoms. The van der Waals surface area contributed by atoms with Gasteiger partial charge in [0.15, 0.2) is 0 Å². The number of hydrogen-bond donors (Lipinski definition) is 1. The maximum Gasteiger partial charge on any atom is 0.374 e. The number of rotatable bonds is 3. The van der Waals surface area contributed by atoms with Crippen molar-refractivity contribution >= 4 is 23.6 Å². The molecule has 0 unspecified atom stereocenters. The van der Waals surface area contributed by atoms with E-state index in [1.165, 1.54) is 24.3 Å². The summed E-state index contributed by atoms with van der Waals surface area (Å²) in [6, 6.07) is 15.7. The van der Waals surface area contributed by atoms with Crippen LogP contribution in [0.25, 0.3) is 0 Å². The summed E-state index contributed by atoms with van der Waals surface area (Å²) < 4.78 is 0. The van der Waals surface area contributed by atoms with E-state index in [0.29, 0.717) is 4.90 Å². The number of imide groups is 1. The number of benzene rings is 2. The highest BCUT2D eigenvalue weighted by atomic mass is 16.4. The van der Waals surface area contributed by atoms with E-state index in [4.69, 9.17) is 0 Å². The quantitative estimate of drug-likeness (QED) is 0.428. The number of amidine groups is 1. The Labute approximate surface area is 153 Å². The van der Waals surface area contributed by atoms with Crippen LogP contribution in [-0.2, 0) is 4.79 Å². The number of aromatic nitrogens is 3. The molecule has 0 bridgehead atoms.